The summed E-state index contributed by atoms with van der Waals surface area (Å²) < 4.78 is 25.4. The van der Waals surface area contributed by atoms with E-state index in [1.165, 1.54) is 18.2 Å². The second-order valence-electron chi connectivity index (χ2n) is 2.43. The van der Waals surface area contributed by atoms with Crippen LogP contribution in [0.2, 0.25) is 0 Å². The van der Waals surface area contributed by atoms with Gasteiger partial charge in [0.2, 0.25) is 5.85 Å². The van der Waals surface area contributed by atoms with Gasteiger partial charge in [0, 0.05) is 0 Å². The molecule has 0 spiro atoms. The van der Waals surface area contributed by atoms with E-state index in [1.807, 2.05) is 0 Å². The Balaban J connectivity index is 3.14. The highest BCUT2D eigenvalue weighted by Crippen LogP contribution is 2.23. The maximum absolute atomic E-state index is 12.7. The average Bonchev–Trinajstić information content (AvgIpc) is 1.86. The SMILES string of the molecule is CC(O)(F)c1ccccc1F. The average molecular weight is 158 g/mol. The number of halogens is 2. The quantitative estimate of drug-likeness (QED) is 0.662. The molecule has 0 saturated carbocycles. The molecule has 3 heteroatoms. The molecule has 0 saturated heterocycles. The van der Waals surface area contributed by atoms with Crippen molar-refractivity contribution in [3.8, 4) is 0 Å². The van der Waals surface area contributed by atoms with E-state index in [4.69, 9.17) is 5.11 Å². The highest BCUT2D eigenvalue weighted by molar-refractivity contribution is 5.21. The van der Waals surface area contributed by atoms with E-state index in [9.17, 15) is 8.78 Å². The van der Waals surface area contributed by atoms with E-state index in [0.717, 1.165) is 13.0 Å². The smallest absolute Gasteiger partial charge is 0.232 e. The number of aliphatic hydroxyl groups is 1. The summed E-state index contributed by atoms with van der Waals surface area (Å²) in [5.41, 5.74) is -0.333. The number of benzene rings is 1. The fourth-order valence-corrected chi connectivity index (χ4v) is 0.831. The Morgan fingerprint density at radius 1 is 1.36 bits per heavy atom. The van der Waals surface area contributed by atoms with Crippen molar-refractivity contribution < 1.29 is 13.9 Å². The Labute approximate surface area is 63.3 Å². The third-order valence-corrected chi connectivity index (χ3v) is 1.37. The molecule has 0 aliphatic rings. The Kier molecular flexibility index (Phi) is 1.91. The fraction of sp³-hybridized carbons (Fsp3) is 0.250. The Morgan fingerprint density at radius 3 is 2.27 bits per heavy atom. The van der Waals surface area contributed by atoms with Gasteiger partial charge in [-0.3, -0.25) is 0 Å². The van der Waals surface area contributed by atoms with E-state index in [1.54, 1.807) is 0 Å². The maximum atomic E-state index is 12.7. The molecule has 1 aromatic rings. The van der Waals surface area contributed by atoms with E-state index in [0.29, 0.717) is 0 Å². The molecule has 0 amide bonds. The molecule has 0 aromatic heterocycles. The summed E-state index contributed by atoms with van der Waals surface area (Å²) in [6.45, 7) is 0.894. The summed E-state index contributed by atoms with van der Waals surface area (Å²) in [6.07, 6.45) is 0. The molecule has 0 fully saturated rings. The van der Waals surface area contributed by atoms with Gasteiger partial charge in [-0.2, -0.15) is 0 Å². The zero-order valence-electron chi connectivity index (χ0n) is 6.01. The first-order valence-corrected chi connectivity index (χ1v) is 3.18. The summed E-state index contributed by atoms with van der Waals surface area (Å²) in [4.78, 5) is 0. The minimum atomic E-state index is -2.59. The second-order valence-corrected chi connectivity index (χ2v) is 2.43. The van der Waals surface area contributed by atoms with Crippen molar-refractivity contribution in [1.29, 1.82) is 0 Å². The molecule has 0 radical (unpaired) electrons. The van der Waals surface area contributed by atoms with Gasteiger partial charge < -0.3 is 5.11 Å². The Morgan fingerprint density at radius 2 is 1.91 bits per heavy atom. The molecule has 0 heterocycles. The summed E-state index contributed by atoms with van der Waals surface area (Å²) >= 11 is 0. The summed E-state index contributed by atoms with van der Waals surface area (Å²) in [5.74, 6) is -3.33. The van der Waals surface area contributed by atoms with Crippen molar-refractivity contribution in [1.82, 2.24) is 0 Å². The molecule has 0 aliphatic heterocycles. The van der Waals surface area contributed by atoms with Gasteiger partial charge in [0.05, 0.1) is 5.56 Å². The van der Waals surface area contributed by atoms with Crippen LogP contribution in [0.3, 0.4) is 0 Å². The van der Waals surface area contributed by atoms with E-state index in [2.05, 4.69) is 0 Å². The molecule has 0 aliphatic carbocycles. The maximum Gasteiger partial charge on any atom is 0.232 e. The third kappa shape index (κ3) is 1.74. The molecule has 1 N–H and O–H groups in total. The van der Waals surface area contributed by atoms with Crippen LogP contribution in [0.5, 0.6) is 0 Å². The van der Waals surface area contributed by atoms with Crippen molar-refractivity contribution >= 4 is 0 Å². The van der Waals surface area contributed by atoms with Crippen LogP contribution < -0.4 is 0 Å². The van der Waals surface area contributed by atoms with Crippen molar-refractivity contribution in [3.63, 3.8) is 0 Å². The first-order valence-electron chi connectivity index (χ1n) is 3.18. The standard InChI is InChI=1S/C8H8F2O/c1-8(10,11)6-4-2-3-5-7(6)9/h2-5,11H,1H3. The predicted molar refractivity (Wildman–Crippen MR) is 37.1 cm³/mol. The lowest BCUT2D eigenvalue weighted by Gasteiger charge is -2.13. The van der Waals surface area contributed by atoms with Crippen LogP contribution in [0.4, 0.5) is 8.78 Å². The van der Waals surface area contributed by atoms with Crippen LogP contribution in [0, 0.1) is 5.82 Å². The fourth-order valence-electron chi connectivity index (χ4n) is 0.831. The molecule has 11 heavy (non-hydrogen) atoms. The van der Waals surface area contributed by atoms with Gasteiger partial charge in [-0.15, -0.1) is 0 Å². The van der Waals surface area contributed by atoms with Crippen molar-refractivity contribution in [2.45, 2.75) is 12.8 Å². The number of hydrogen-bond donors (Lipinski definition) is 1. The lowest BCUT2D eigenvalue weighted by atomic mass is 10.1. The van der Waals surface area contributed by atoms with Crippen LogP contribution in [0.25, 0.3) is 0 Å². The highest BCUT2D eigenvalue weighted by Gasteiger charge is 2.24. The first-order chi connectivity index (χ1) is 5.02. The van der Waals surface area contributed by atoms with Crippen LogP contribution in [0.15, 0.2) is 24.3 Å². The molecule has 60 valence electrons. The Bertz CT molecular complexity index is 253. The first kappa shape index (κ1) is 8.14. The largest absolute Gasteiger partial charge is 0.358 e. The topological polar surface area (TPSA) is 20.2 Å². The minimum Gasteiger partial charge on any atom is -0.358 e. The normalized spacial score (nSPS) is 16.0. The van der Waals surface area contributed by atoms with E-state index >= 15 is 0 Å². The third-order valence-electron chi connectivity index (χ3n) is 1.37. The number of rotatable bonds is 1. The monoisotopic (exact) mass is 158 g/mol. The van der Waals surface area contributed by atoms with Gasteiger partial charge in [0.1, 0.15) is 5.82 Å². The number of hydrogen-bond acceptors (Lipinski definition) is 1. The van der Waals surface area contributed by atoms with Gasteiger partial charge in [0.15, 0.2) is 0 Å². The molecular weight excluding hydrogens is 150 g/mol. The summed E-state index contributed by atoms with van der Waals surface area (Å²) in [7, 11) is 0. The lowest BCUT2D eigenvalue weighted by Crippen LogP contribution is -2.15. The van der Waals surface area contributed by atoms with E-state index < -0.39 is 11.7 Å². The van der Waals surface area contributed by atoms with Crippen LogP contribution in [0.1, 0.15) is 12.5 Å². The van der Waals surface area contributed by atoms with Gasteiger partial charge in [-0.25, -0.2) is 8.78 Å². The van der Waals surface area contributed by atoms with Crippen LogP contribution in [-0.2, 0) is 5.85 Å². The summed E-state index contributed by atoms with van der Waals surface area (Å²) in [6, 6.07) is 5.20. The molecule has 1 unspecified atom stereocenters. The highest BCUT2D eigenvalue weighted by atomic mass is 19.2. The zero-order chi connectivity index (χ0) is 8.48. The van der Waals surface area contributed by atoms with Crippen molar-refractivity contribution in [2.24, 2.45) is 0 Å². The van der Waals surface area contributed by atoms with Crippen LogP contribution in [-0.4, -0.2) is 5.11 Å². The molecule has 1 atom stereocenters. The van der Waals surface area contributed by atoms with Gasteiger partial charge >= 0.3 is 0 Å². The number of alkyl halides is 1. The van der Waals surface area contributed by atoms with Gasteiger partial charge in [0.25, 0.3) is 0 Å². The van der Waals surface area contributed by atoms with Gasteiger partial charge in [-0.05, 0) is 13.0 Å². The second kappa shape index (κ2) is 2.58. The molecule has 1 rings (SSSR count). The van der Waals surface area contributed by atoms with Crippen molar-refractivity contribution in [3.05, 3.63) is 35.6 Å². The van der Waals surface area contributed by atoms with Gasteiger partial charge in [-0.1, -0.05) is 18.2 Å². The molecule has 0 bridgehead atoms. The summed E-state index contributed by atoms with van der Waals surface area (Å²) in [5, 5.41) is 8.76. The lowest BCUT2D eigenvalue weighted by molar-refractivity contribution is -0.0795. The van der Waals surface area contributed by atoms with Crippen molar-refractivity contribution in [2.75, 3.05) is 0 Å². The Hall–Kier alpha value is -0.960. The molecule has 1 nitrogen and oxygen atoms in total. The van der Waals surface area contributed by atoms with E-state index in [-0.39, 0.29) is 5.56 Å². The molecule has 1 aromatic carbocycles. The molecular formula is C8H8F2O. The van der Waals surface area contributed by atoms with Crippen LogP contribution >= 0.6 is 0 Å². The zero-order valence-corrected chi connectivity index (χ0v) is 6.01. The predicted octanol–water partition coefficient (Wildman–Crippen LogP) is 1.96. The minimum absolute atomic E-state index is 0.333.